The monoisotopic (exact) mass is 407 g/mol. The van der Waals surface area contributed by atoms with Gasteiger partial charge in [0.2, 0.25) is 10.0 Å². The number of carbonyl (C=O) groups excluding carboxylic acids is 1. The molecule has 0 fully saturated rings. The molecule has 0 aliphatic heterocycles. The first-order valence-corrected chi connectivity index (χ1v) is 10.5. The minimum absolute atomic E-state index is 0.165. The maximum Gasteiger partial charge on any atom is 0.271 e. The van der Waals surface area contributed by atoms with Crippen molar-refractivity contribution in [3.8, 4) is 0 Å². The highest BCUT2D eigenvalue weighted by Gasteiger charge is 2.14. The Labute approximate surface area is 170 Å². The second-order valence-electron chi connectivity index (χ2n) is 6.34. The zero-order valence-corrected chi connectivity index (χ0v) is 16.7. The summed E-state index contributed by atoms with van der Waals surface area (Å²) >= 11 is 0. The molecule has 2 N–H and O–H groups in total. The normalized spacial score (nSPS) is 11.8. The lowest BCUT2D eigenvalue weighted by Gasteiger charge is -2.08. The number of benzene rings is 3. The molecule has 148 valence electrons. The third kappa shape index (κ3) is 5.60. The summed E-state index contributed by atoms with van der Waals surface area (Å²) in [5, 5.41) is 4.09. The van der Waals surface area contributed by atoms with Gasteiger partial charge in [0.1, 0.15) is 0 Å². The van der Waals surface area contributed by atoms with Gasteiger partial charge in [0.15, 0.2) is 0 Å². The fourth-order valence-corrected chi connectivity index (χ4v) is 3.60. The van der Waals surface area contributed by atoms with Crippen molar-refractivity contribution in [2.75, 3.05) is 0 Å². The Morgan fingerprint density at radius 2 is 1.41 bits per heavy atom. The number of nitrogens with one attached hydrogen (secondary N) is 2. The van der Waals surface area contributed by atoms with Crippen LogP contribution in [0.1, 0.15) is 28.4 Å². The van der Waals surface area contributed by atoms with E-state index in [9.17, 15) is 13.2 Å². The third-order valence-electron chi connectivity index (χ3n) is 4.25. The van der Waals surface area contributed by atoms with E-state index >= 15 is 0 Å². The van der Waals surface area contributed by atoms with Gasteiger partial charge in [0.25, 0.3) is 5.91 Å². The number of hydrogen-bond donors (Lipinski definition) is 2. The molecule has 3 aromatic rings. The summed E-state index contributed by atoms with van der Waals surface area (Å²) in [4.78, 5) is 12.2. The third-order valence-corrected chi connectivity index (χ3v) is 5.67. The molecule has 1 amide bonds. The second kappa shape index (κ2) is 9.27. The number of hydrazone groups is 1. The van der Waals surface area contributed by atoms with Crippen LogP contribution in [0.2, 0.25) is 0 Å². The van der Waals surface area contributed by atoms with E-state index in [1.165, 1.54) is 12.1 Å². The largest absolute Gasteiger partial charge is 0.271 e. The van der Waals surface area contributed by atoms with Crippen molar-refractivity contribution >= 4 is 21.6 Å². The Morgan fingerprint density at radius 3 is 2.03 bits per heavy atom. The van der Waals surface area contributed by atoms with Crippen molar-refractivity contribution in [3.05, 3.63) is 102 Å². The molecule has 0 unspecified atom stereocenters. The van der Waals surface area contributed by atoms with E-state index in [4.69, 9.17) is 0 Å². The summed E-state index contributed by atoms with van der Waals surface area (Å²) < 4.78 is 27.5. The van der Waals surface area contributed by atoms with Crippen molar-refractivity contribution < 1.29 is 13.2 Å². The summed E-state index contributed by atoms with van der Waals surface area (Å²) in [6.07, 6.45) is 0. The Bertz CT molecular complexity index is 1100. The van der Waals surface area contributed by atoms with E-state index < -0.39 is 10.0 Å². The van der Waals surface area contributed by atoms with Crippen molar-refractivity contribution in [1.82, 2.24) is 10.1 Å². The molecule has 0 spiro atoms. The average Bonchev–Trinajstić information content (AvgIpc) is 2.77. The van der Waals surface area contributed by atoms with Crippen molar-refractivity contribution in [3.63, 3.8) is 0 Å². The van der Waals surface area contributed by atoms with Crippen LogP contribution in [0.3, 0.4) is 0 Å². The van der Waals surface area contributed by atoms with Gasteiger partial charge in [0, 0.05) is 12.1 Å². The molecule has 0 atom stereocenters. The highest BCUT2D eigenvalue weighted by molar-refractivity contribution is 7.89. The first-order valence-electron chi connectivity index (χ1n) is 8.99. The van der Waals surface area contributed by atoms with Crippen LogP contribution in [-0.2, 0) is 16.6 Å². The minimum atomic E-state index is -3.62. The number of carbonyl (C=O) groups is 1. The first kappa shape index (κ1) is 20.4. The lowest BCUT2D eigenvalue weighted by molar-refractivity contribution is 0.0955. The molecule has 3 rings (SSSR count). The highest BCUT2D eigenvalue weighted by Crippen LogP contribution is 2.12. The van der Waals surface area contributed by atoms with Crippen LogP contribution in [0.15, 0.2) is 94.9 Å². The molecular formula is C22H21N3O3S. The van der Waals surface area contributed by atoms with Crippen LogP contribution >= 0.6 is 0 Å². The summed E-state index contributed by atoms with van der Waals surface area (Å²) in [7, 11) is -3.62. The van der Waals surface area contributed by atoms with Gasteiger partial charge in [-0.3, -0.25) is 4.79 Å². The number of amides is 1. The number of nitrogens with zero attached hydrogens (tertiary/aromatic N) is 1. The van der Waals surface area contributed by atoms with E-state index in [-0.39, 0.29) is 17.3 Å². The Hall–Kier alpha value is -3.29. The van der Waals surface area contributed by atoms with E-state index in [2.05, 4.69) is 15.2 Å². The van der Waals surface area contributed by atoms with Crippen LogP contribution in [0.4, 0.5) is 0 Å². The van der Waals surface area contributed by atoms with Crippen LogP contribution in [0, 0.1) is 0 Å². The number of rotatable bonds is 7. The van der Waals surface area contributed by atoms with Gasteiger partial charge in [-0.15, -0.1) is 0 Å². The minimum Gasteiger partial charge on any atom is -0.267 e. The molecule has 6 nitrogen and oxygen atoms in total. The first-order chi connectivity index (χ1) is 14.0. The van der Waals surface area contributed by atoms with Crippen LogP contribution in [0.25, 0.3) is 0 Å². The van der Waals surface area contributed by atoms with E-state index in [0.29, 0.717) is 16.8 Å². The van der Waals surface area contributed by atoms with Crippen LogP contribution < -0.4 is 10.1 Å². The van der Waals surface area contributed by atoms with Gasteiger partial charge in [-0.1, -0.05) is 60.7 Å². The lowest BCUT2D eigenvalue weighted by atomic mass is 10.1. The maximum atomic E-state index is 12.5. The number of sulfonamides is 1. The lowest BCUT2D eigenvalue weighted by Crippen LogP contribution is -2.23. The van der Waals surface area contributed by atoms with Gasteiger partial charge in [0.05, 0.1) is 10.6 Å². The quantitative estimate of drug-likeness (QED) is 0.465. The molecule has 29 heavy (non-hydrogen) atoms. The van der Waals surface area contributed by atoms with Gasteiger partial charge in [-0.2, -0.15) is 5.10 Å². The van der Waals surface area contributed by atoms with Crippen molar-refractivity contribution in [2.45, 2.75) is 18.4 Å². The van der Waals surface area contributed by atoms with E-state index in [1.807, 2.05) is 36.4 Å². The van der Waals surface area contributed by atoms with E-state index in [0.717, 1.165) is 5.56 Å². The summed E-state index contributed by atoms with van der Waals surface area (Å²) in [6.45, 7) is 1.96. The van der Waals surface area contributed by atoms with Gasteiger partial charge >= 0.3 is 0 Å². The van der Waals surface area contributed by atoms with Crippen molar-refractivity contribution in [2.24, 2.45) is 5.10 Å². The molecule has 7 heteroatoms. The highest BCUT2D eigenvalue weighted by atomic mass is 32.2. The molecule has 0 heterocycles. The van der Waals surface area contributed by atoms with Crippen LogP contribution in [0.5, 0.6) is 0 Å². The Morgan fingerprint density at radius 1 is 0.828 bits per heavy atom. The molecule has 0 radical (unpaired) electrons. The standard InChI is InChI=1S/C22H21N3O3S/c1-17(24-25-22(26)20-10-6-3-7-11-20)19-12-14-21(15-13-19)29(27,28)23-16-18-8-4-2-5-9-18/h2-15,23H,16H2,1H3,(H,25,26)/b24-17-. The second-order valence-corrected chi connectivity index (χ2v) is 8.11. The maximum absolute atomic E-state index is 12.5. The molecular weight excluding hydrogens is 386 g/mol. The molecule has 0 aromatic heterocycles. The zero-order valence-electron chi connectivity index (χ0n) is 15.9. The summed E-state index contributed by atoms with van der Waals surface area (Å²) in [5.41, 5.74) is 5.16. The predicted octanol–water partition coefficient (Wildman–Crippen LogP) is 3.32. The Balaban J connectivity index is 1.64. The van der Waals surface area contributed by atoms with Gasteiger partial charge in [-0.25, -0.2) is 18.6 Å². The zero-order chi connectivity index (χ0) is 20.7. The number of hydrogen-bond acceptors (Lipinski definition) is 4. The molecule has 0 aliphatic carbocycles. The smallest absolute Gasteiger partial charge is 0.267 e. The fraction of sp³-hybridized carbons (Fsp3) is 0.0909. The summed E-state index contributed by atoms with van der Waals surface area (Å²) in [6, 6.07) is 24.4. The van der Waals surface area contributed by atoms with Gasteiger partial charge in [-0.05, 0) is 42.3 Å². The molecule has 3 aromatic carbocycles. The average molecular weight is 407 g/mol. The van der Waals surface area contributed by atoms with Crippen molar-refractivity contribution in [1.29, 1.82) is 0 Å². The molecule has 0 aliphatic rings. The molecule has 0 saturated heterocycles. The topological polar surface area (TPSA) is 87.6 Å². The predicted molar refractivity (Wildman–Crippen MR) is 113 cm³/mol. The molecule has 0 saturated carbocycles. The summed E-state index contributed by atoms with van der Waals surface area (Å²) in [5.74, 6) is -0.311. The fourth-order valence-electron chi connectivity index (χ4n) is 2.59. The van der Waals surface area contributed by atoms with Crippen LogP contribution in [-0.4, -0.2) is 20.0 Å². The Kier molecular flexibility index (Phi) is 6.54. The SMILES string of the molecule is C/C(=N/NC(=O)c1ccccc1)c1ccc(S(=O)(=O)NCc2ccccc2)cc1. The van der Waals surface area contributed by atoms with Gasteiger partial charge < -0.3 is 0 Å². The van der Waals surface area contributed by atoms with E-state index in [1.54, 1.807) is 43.3 Å². The molecule has 0 bridgehead atoms.